The third kappa shape index (κ3) is 9.02. The second kappa shape index (κ2) is 20.2. The number of hydrogen-bond donors (Lipinski definition) is 0. The van der Waals surface area contributed by atoms with E-state index in [1.165, 1.54) is 0 Å². The quantitative estimate of drug-likeness (QED) is 0.500. The maximum Gasteiger partial charge on any atom is 0 e. The van der Waals surface area contributed by atoms with Crippen LogP contribution in [0.5, 0.6) is 0 Å². The van der Waals surface area contributed by atoms with E-state index in [9.17, 15) is 0 Å². The molecule has 0 rings (SSSR count). The minimum Gasteiger partial charge on any atom is 0 e. The molecule has 0 amide bonds. The average Bonchev–Trinajstić information content (AvgIpc) is 1.00. The zero-order valence-electron chi connectivity index (χ0n) is 1.66. The summed E-state index contributed by atoms with van der Waals surface area (Å²) in [6.45, 7) is 0. The van der Waals surface area contributed by atoms with Crippen molar-refractivity contribution >= 4 is 27.1 Å². The molecule has 1 radical (unpaired) electrons. The zero-order valence-corrected chi connectivity index (χ0v) is 6.71. The van der Waals surface area contributed by atoms with E-state index in [1.54, 1.807) is 0 Å². The molecule has 0 unspecified atom stereocenters. The SMILES string of the molecule is S.[Cu]=[Se].[V]. The van der Waals surface area contributed by atoms with Crippen LogP contribution >= 0.6 is 13.5 Å². The molecule has 0 heterocycles. The maximum atomic E-state index is 4.06. The van der Waals surface area contributed by atoms with E-state index in [-0.39, 0.29) is 32.1 Å². The van der Waals surface area contributed by atoms with Gasteiger partial charge in [-0.1, -0.05) is 0 Å². The number of hydrogen-bond acceptors (Lipinski definition) is 0. The van der Waals surface area contributed by atoms with Gasteiger partial charge in [0, 0.05) is 18.6 Å². The van der Waals surface area contributed by atoms with E-state index >= 15 is 0 Å². The van der Waals surface area contributed by atoms with Gasteiger partial charge in [0.2, 0.25) is 0 Å². The molecule has 0 spiro atoms. The molecule has 0 fully saturated rings. The minimum absolute atomic E-state index is 0. The Morgan fingerprint density at radius 3 is 1.25 bits per heavy atom. The van der Waals surface area contributed by atoms with Gasteiger partial charge < -0.3 is 0 Å². The van der Waals surface area contributed by atoms with Crippen molar-refractivity contribution < 1.29 is 32.2 Å². The zero-order chi connectivity index (χ0) is 2.00. The number of rotatable bonds is 0. The van der Waals surface area contributed by atoms with E-state index < -0.39 is 0 Å². The fourth-order valence-corrected chi connectivity index (χ4v) is 0. The van der Waals surface area contributed by atoms with Crippen LogP contribution in [0.1, 0.15) is 0 Å². The van der Waals surface area contributed by atoms with E-state index in [0.717, 1.165) is 0 Å². The van der Waals surface area contributed by atoms with E-state index in [4.69, 9.17) is 0 Å². The van der Waals surface area contributed by atoms with Crippen molar-refractivity contribution in [1.29, 1.82) is 0 Å². The third-order valence-corrected chi connectivity index (χ3v) is 0. The smallest absolute Gasteiger partial charge is 0 e. The van der Waals surface area contributed by atoms with Crippen LogP contribution in [0.4, 0.5) is 0 Å². The van der Waals surface area contributed by atoms with Crippen LogP contribution in [0.15, 0.2) is 0 Å². The summed E-state index contributed by atoms with van der Waals surface area (Å²) in [4.78, 5) is 0. The van der Waals surface area contributed by atoms with Gasteiger partial charge in [-0.15, -0.1) is 0 Å². The van der Waals surface area contributed by atoms with E-state index in [0.29, 0.717) is 0 Å². The summed E-state index contributed by atoms with van der Waals surface area (Å²) < 4.78 is 0. The Bertz CT molecular complexity index is 8.00. The summed E-state index contributed by atoms with van der Waals surface area (Å²) in [5.74, 6) is 0. The monoisotopic (exact) mass is 228 g/mol. The molecule has 30 valence electrons. The third-order valence-electron chi connectivity index (χ3n) is 0. The summed E-state index contributed by atoms with van der Waals surface area (Å²) in [7, 11) is 0. The van der Waals surface area contributed by atoms with E-state index in [1.807, 2.05) is 0 Å². The largest absolute Gasteiger partial charge is 0 e. The van der Waals surface area contributed by atoms with Crippen LogP contribution < -0.4 is 0 Å². The van der Waals surface area contributed by atoms with Crippen LogP contribution in [0.3, 0.4) is 0 Å². The summed E-state index contributed by atoms with van der Waals surface area (Å²) in [6, 6.07) is 0. The second-order valence-electron chi connectivity index (χ2n) is 0. The average molecular weight is 228 g/mol. The molecular weight excluding hydrogens is 226 g/mol. The van der Waals surface area contributed by atoms with Crippen molar-refractivity contribution in [3.05, 3.63) is 0 Å². The molecule has 0 atom stereocenters. The summed E-state index contributed by atoms with van der Waals surface area (Å²) in [5.41, 5.74) is 0. The van der Waals surface area contributed by atoms with Crippen molar-refractivity contribution in [1.82, 2.24) is 0 Å². The van der Waals surface area contributed by atoms with Gasteiger partial charge in [0.05, 0.1) is 0 Å². The fraction of sp³-hybridized carbons (Fsp3) is 0. The molecule has 0 aliphatic heterocycles. The molecule has 0 aliphatic carbocycles. The van der Waals surface area contributed by atoms with Gasteiger partial charge in [-0.2, -0.15) is 13.5 Å². The van der Waals surface area contributed by atoms with Gasteiger partial charge in [0.25, 0.3) is 0 Å². The predicted molar refractivity (Wildman–Crippen MR) is 16.1 cm³/mol. The topological polar surface area (TPSA) is 0 Å². The van der Waals surface area contributed by atoms with E-state index in [2.05, 4.69) is 27.3 Å². The molecule has 0 bridgehead atoms. The summed E-state index contributed by atoms with van der Waals surface area (Å²) in [5, 5.41) is 0. The Labute approximate surface area is 58.9 Å². The van der Waals surface area contributed by atoms with Gasteiger partial charge in [-0.05, 0) is 0 Å². The molecule has 0 saturated heterocycles. The molecule has 0 nitrogen and oxygen atoms in total. The van der Waals surface area contributed by atoms with Crippen LogP contribution in [0, 0.1) is 0 Å². The Kier molecular flexibility index (Phi) is 84.2. The molecule has 0 saturated carbocycles. The minimum atomic E-state index is 0. The standard InChI is InChI=1S/Cu.H2S.Se.V/h;1H2;;. The molecule has 0 aromatic heterocycles. The first-order valence-corrected chi connectivity index (χ1v) is 2.64. The van der Waals surface area contributed by atoms with Crippen LogP contribution in [-0.4, -0.2) is 13.7 Å². The van der Waals surface area contributed by atoms with Gasteiger partial charge in [-0.3, -0.25) is 0 Å². The Morgan fingerprint density at radius 1 is 1.25 bits per heavy atom. The van der Waals surface area contributed by atoms with Crippen molar-refractivity contribution in [2.75, 3.05) is 0 Å². The summed E-state index contributed by atoms with van der Waals surface area (Å²) >= 11 is 6.25. The van der Waals surface area contributed by atoms with Gasteiger partial charge in [-0.25, -0.2) is 0 Å². The normalized spacial score (nSPS) is 1.50. The first-order chi connectivity index (χ1) is 1.00. The van der Waals surface area contributed by atoms with Crippen molar-refractivity contribution in [3.8, 4) is 0 Å². The second-order valence-corrected chi connectivity index (χ2v) is 0. The van der Waals surface area contributed by atoms with Gasteiger partial charge >= 0.3 is 27.3 Å². The van der Waals surface area contributed by atoms with Crippen LogP contribution in [0.25, 0.3) is 0 Å². The Morgan fingerprint density at radius 2 is 1.25 bits per heavy atom. The van der Waals surface area contributed by atoms with Gasteiger partial charge in [0.1, 0.15) is 0 Å². The predicted octanol–water partition coefficient (Wildman–Crippen LogP) is -0.273. The van der Waals surface area contributed by atoms with Crippen LogP contribution in [-0.2, 0) is 32.2 Å². The first-order valence-electron chi connectivity index (χ1n) is 0.123. The molecule has 0 aromatic carbocycles. The Balaban J connectivity index is -0.00000000500. The molecule has 0 aliphatic rings. The first kappa shape index (κ1) is 16.7. The molecular formula is H2CuSSeV. The Hall–Kier alpha value is 1.97. The molecule has 0 N–H and O–H groups in total. The van der Waals surface area contributed by atoms with Crippen molar-refractivity contribution in [2.45, 2.75) is 0 Å². The van der Waals surface area contributed by atoms with Crippen molar-refractivity contribution in [2.24, 2.45) is 0 Å². The summed E-state index contributed by atoms with van der Waals surface area (Å²) in [6.07, 6.45) is 0. The molecule has 4 heteroatoms. The van der Waals surface area contributed by atoms with Crippen LogP contribution in [0.2, 0.25) is 0 Å². The maximum absolute atomic E-state index is 4.06. The fourth-order valence-electron chi connectivity index (χ4n) is 0. The molecule has 4 heavy (non-hydrogen) atoms. The van der Waals surface area contributed by atoms with Crippen molar-refractivity contribution in [3.63, 3.8) is 0 Å². The van der Waals surface area contributed by atoms with Gasteiger partial charge in [0.15, 0.2) is 0 Å². The molecule has 0 aromatic rings.